The zero-order valence-electron chi connectivity index (χ0n) is 14.4. The van der Waals surface area contributed by atoms with Gasteiger partial charge in [-0.15, -0.1) is 0 Å². The Bertz CT molecular complexity index is 685. The van der Waals surface area contributed by atoms with E-state index in [1.807, 2.05) is 36.4 Å². The van der Waals surface area contributed by atoms with Crippen LogP contribution in [0, 0.1) is 0 Å². The third kappa shape index (κ3) is 6.67. The second kappa shape index (κ2) is 10.1. The lowest BCUT2D eigenvalue weighted by molar-refractivity contribution is -0.140. The number of ether oxygens (including phenoxy) is 2. The molecule has 0 heterocycles. The Balaban J connectivity index is 1.76. The molecule has 0 saturated heterocycles. The van der Waals surface area contributed by atoms with Crippen LogP contribution in [0.3, 0.4) is 0 Å². The number of carbonyl (C=O) groups is 2. The van der Waals surface area contributed by atoms with Gasteiger partial charge in [-0.3, -0.25) is 9.59 Å². The number of hydrogen-bond donors (Lipinski definition) is 1. The van der Waals surface area contributed by atoms with Crippen LogP contribution in [-0.2, 0) is 9.53 Å². The van der Waals surface area contributed by atoms with E-state index in [1.165, 1.54) is 7.11 Å². The molecule has 5 nitrogen and oxygen atoms in total. The van der Waals surface area contributed by atoms with E-state index in [0.29, 0.717) is 24.3 Å². The highest BCUT2D eigenvalue weighted by Crippen LogP contribution is 2.21. The van der Waals surface area contributed by atoms with Crippen LogP contribution in [0.5, 0.6) is 11.5 Å². The number of benzene rings is 2. The molecule has 1 N–H and O–H groups in total. The molecule has 0 radical (unpaired) electrons. The van der Waals surface area contributed by atoms with Gasteiger partial charge in [0, 0.05) is 18.5 Å². The fourth-order valence-electron chi connectivity index (χ4n) is 2.30. The molecule has 0 atom stereocenters. The van der Waals surface area contributed by atoms with Crippen molar-refractivity contribution in [3.05, 3.63) is 60.2 Å². The summed E-state index contributed by atoms with van der Waals surface area (Å²) >= 11 is 0. The Labute approximate surface area is 148 Å². The summed E-state index contributed by atoms with van der Waals surface area (Å²) in [6.45, 7) is 0.573. The number of methoxy groups -OCH3 is 1. The minimum Gasteiger partial charge on any atom is -0.469 e. The van der Waals surface area contributed by atoms with Gasteiger partial charge in [0.05, 0.1) is 7.11 Å². The van der Waals surface area contributed by atoms with Crippen molar-refractivity contribution in [2.24, 2.45) is 0 Å². The first-order valence-corrected chi connectivity index (χ1v) is 8.37. The van der Waals surface area contributed by atoms with Crippen LogP contribution in [0.25, 0.3) is 0 Å². The lowest BCUT2D eigenvalue weighted by atomic mass is 10.1. The van der Waals surface area contributed by atoms with Crippen LogP contribution >= 0.6 is 0 Å². The van der Waals surface area contributed by atoms with Crippen molar-refractivity contribution < 1.29 is 19.1 Å². The van der Waals surface area contributed by atoms with Gasteiger partial charge in [0.1, 0.15) is 11.5 Å². The highest BCUT2D eigenvalue weighted by Gasteiger charge is 2.07. The first-order valence-electron chi connectivity index (χ1n) is 8.37. The van der Waals surface area contributed by atoms with Crippen LogP contribution < -0.4 is 10.1 Å². The molecule has 0 fully saturated rings. The Morgan fingerprint density at radius 2 is 1.68 bits per heavy atom. The summed E-state index contributed by atoms with van der Waals surface area (Å²) in [5.41, 5.74) is 0.558. The molecule has 2 rings (SSSR count). The van der Waals surface area contributed by atoms with Crippen molar-refractivity contribution in [2.75, 3.05) is 13.7 Å². The van der Waals surface area contributed by atoms with Gasteiger partial charge in [0.25, 0.3) is 5.91 Å². The van der Waals surface area contributed by atoms with Gasteiger partial charge in [0.15, 0.2) is 0 Å². The lowest BCUT2D eigenvalue weighted by Crippen LogP contribution is -2.24. The van der Waals surface area contributed by atoms with Crippen LogP contribution in [0.1, 0.15) is 36.0 Å². The zero-order chi connectivity index (χ0) is 17.9. The fraction of sp³-hybridized carbons (Fsp3) is 0.300. The molecule has 0 aliphatic heterocycles. The summed E-state index contributed by atoms with van der Waals surface area (Å²) in [6.07, 6.45) is 2.88. The van der Waals surface area contributed by atoms with Gasteiger partial charge in [0.2, 0.25) is 0 Å². The third-order valence-corrected chi connectivity index (χ3v) is 3.65. The Morgan fingerprint density at radius 1 is 0.920 bits per heavy atom. The van der Waals surface area contributed by atoms with Gasteiger partial charge in [-0.05, 0) is 43.2 Å². The average Bonchev–Trinajstić information content (AvgIpc) is 2.65. The highest BCUT2D eigenvalue weighted by molar-refractivity contribution is 5.94. The molecule has 0 spiro atoms. The normalized spacial score (nSPS) is 10.1. The van der Waals surface area contributed by atoms with E-state index in [4.69, 9.17) is 4.74 Å². The predicted octanol–water partition coefficient (Wildman–Crippen LogP) is 3.94. The minimum atomic E-state index is -0.195. The zero-order valence-corrected chi connectivity index (χ0v) is 14.4. The first kappa shape index (κ1) is 18.5. The van der Waals surface area contributed by atoms with E-state index in [-0.39, 0.29) is 11.9 Å². The van der Waals surface area contributed by atoms with E-state index >= 15 is 0 Å². The summed E-state index contributed by atoms with van der Waals surface area (Å²) in [7, 11) is 1.39. The number of amides is 1. The van der Waals surface area contributed by atoms with E-state index in [1.54, 1.807) is 18.2 Å². The maximum Gasteiger partial charge on any atom is 0.305 e. The monoisotopic (exact) mass is 341 g/mol. The van der Waals surface area contributed by atoms with Crippen molar-refractivity contribution in [2.45, 2.75) is 25.7 Å². The second-order valence-corrected chi connectivity index (χ2v) is 5.59. The third-order valence-electron chi connectivity index (χ3n) is 3.65. The molecular formula is C20H23NO4. The summed E-state index contributed by atoms with van der Waals surface area (Å²) in [6, 6.07) is 16.5. The average molecular weight is 341 g/mol. The molecule has 0 saturated carbocycles. The van der Waals surface area contributed by atoms with Crippen molar-refractivity contribution in [1.82, 2.24) is 5.32 Å². The Hall–Kier alpha value is -2.82. The molecule has 2 aromatic carbocycles. The Kier molecular flexibility index (Phi) is 7.50. The molecule has 132 valence electrons. The first-order chi connectivity index (χ1) is 12.2. The predicted molar refractivity (Wildman–Crippen MR) is 95.8 cm³/mol. The molecule has 0 aliphatic carbocycles. The van der Waals surface area contributed by atoms with E-state index in [0.717, 1.165) is 25.0 Å². The minimum absolute atomic E-state index is 0.133. The number of nitrogens with one attached hydrogen (secondary N) is 1. The summed E-state index contributed by atoms with van der Waals surface area (Å²) in [5.74, 6) is 1.02. The van der Waals surface area contributed by atoms with E-state index in [9.17, 15) is 9.59 Å². The lowest BCUT2D eigenvalue weighted by Gasteiger charge is -2.08. The van der Waals surface area contributed by atoms with Crippen LogP contribution in [0.4, 0.5) is 0 Å². The van der Waals surface area contributed by atoms with Gasteiger partial charge in [-0.1, -0.05) is 30.7 Å². The van der Waals surface area contributed by atoms with Gasteiger partial charge >= 0.3 is 5.97 Å². The molecule has 25 heavy (non-hydrogen) atoms. The van der Waals surface area contributed by atoms with E-state index in [2.05, 4.69) is 10.1 Å². The number of carbonyl (C=O) groups excluding carboxylic acids is 2. The molecule has 0 aromatic heterocycles. The van der Waals surface area contributed by atoms with Crippen molar-refractivity contribution >= 4 is 11.9 Å². The summed E-state index contributed by atoms with van der Waals surface area (Å²) < 4.78 is 10.3. The maximum atomic E-state index is 12.2. The SMILES string of the molecule is COC(=O)CCCCCNC(=O)c1cccc(Oc2ccccc2)c1. The fourth-order valence-corrected chi connectivity index (χ4v) is 2.30. The van der Waals surface area contributed by atoms with Gasteiger partial charge in [-0.25, -0.2) is 0 Å². The van der Waals surface area contributed by atoms with Gasteiger partial charge in [-0.2, -0.15) is 0 Å². The number of para-hydroxylation sites is 1. The summed E-state index contributed by atoms with van der Waals surface area (Å²) in [4.78, 5) is 23.2. The maximum absolute atomic E-state index is 12.2. The summed E-state index contributed by atoms with van der Waals surface area (Å²) in [5, 5.41) is 2.88. The molecular weight excluding hydrogens is 318 g/mol. The standard InChI is InChI=1S/C20H23NO4/c1-24-19(22)13-6-3-7-14-21-20(23)16-9-8-12-18(15-16)25-17-10-4-2-5-11-17/h2,4-5,8-12,15H,3,6-7,13-14H2,1H3,(H,21,23). The number of esters is 1. The number of unbranched alkanes of at least 4 members (excludes halogenated alkanes) is 2. The molecule has 2 aromatic rings. The number of rotatable bonds is 9. The molecule has 5 heteroatoms. The largest absolute Gasteiger partial charge is 0.469 e. The van der Waals surface area contributed by atoms with Crippen molar-refractivity contribution in [3.8, 4) is 11.5 Å². The second-order valence-electron chi connectivity index (χ2n) is 5.59. The van der Waals surface area contributed by atoms with Crippen LogP contribution in [-0.4, -0.2) is 25.5 Å². The van der Waals surface area contributed by atoms with E-state index < -0.39 is 0 Å². The van der Waals surface area contributed by atoms with Crippen LogP contribution in [0.2, 0.25) is 0 Å². The highest BCUT2D eigenvalue weighted by atomic mass is 16.5. The topological polar surface area (TPSA) is 64.6 Å². The molecule has 0 bridgehead atoms. The quantitative estimate of drug-likeness (QED) is 0.554. The van der Waals surface area contributed by atoms with Gasteiger partial charge < -0.3 is 14.8 Å². The molecule has 1 amide bonds. The Morgan fingerprint density at radius 3 is 2.44 bits per heavy atom. The van der Waals surface area contributed by atoms with Crippen molar-refractivity contribution in [3.63, 3.8) is 0 Å². The van der Waals surface area contributed by atoms with Crippen LogP contribution in [0.15, 0.2) is 54.6 Å². The smallest absolute Gasteiger partial charge is 0.305 e. The van der Waals surface area contributed by atoms with Crippen molar-refractivity contribution in [1.29, 1.82) is 0 Å². The molecule has 0 aliphatic rings. The number of hydrogen-bond acceptors (Lipinski definition) is 4. The molecule has 0 unspecified atom stereocenters.